The maximum absolute atomic E-state index is 13.9. The zero-order chi connectivity index (χ0) is 29.6. The van der Waals surface area contributed by atoms with Crippen LogP contribution in [0.2, 0.25) is 5.02 Å². The topological polar surface area (TPSA) is 84.1 Å². The fraction of sp³-hybridized carbons (Fsp3) is 0.0882. The van der Waals surface area contributed by atoms with Crippen LogP contribution in [0.3, 0.4) is 0 Å². The molecule has 8 heteroatoms. The minimum atomic E-state index is -0.636. The van der Waals surface area contributed by atoms with Crippen LogP contribution in [0.1, 0.15) is 22.3 Å². The molecule has 0 fully saturated rings. The van der Waals surface area contributed by atoms with Crippen molar-refractivity contribution < 1.29 is 9.53 Å². The second kappa shape index (κ2) is 12.7. The molecule has 0 aliphatic rings. The van der Waals surface area contributed by atoms with Crippen molar-refractivity contribution in [3.63, 3.8) is 0 Å². The van der Waals surface area contributed by atoms with Crippen LogP contribution in [0.15, 0.2) is 102 Å². The van der Waals surface area contributed by atoms with Crippen molar-refractivity contribution in [1.29, 1.82) is 5.26 Å². The van der Waals surface area contributed by atoms with E-state index in [9.17, 15) is 14.9 Å². The molecule has 6 nitrogen and oxygen atoms in total. The minimum Gasteiger partial charge on any atom is -0.489 e. The summed E-state index contributed by atoms with van der Waals surface area (Å²) in [5.74, 6) is 0.0207. The Hall–Kier alpha value is -4.90. The van der Waals surface area contributed by atoms with E-state index in [1.807, 2.05) is 92.7 Å². The summed E-state index contributed by atoms with van der Waals surface area (Å²) in [5.41, 5.74) is 4.10. The lowest BCUT2D eigenvalue weighted by Crippen LogP contribution is -2.32. The lowest BCUT2D eigenvalue weighted by molar-refractivity contribution is -0.111. The van der Waals surface area contributed by atoms with Crippen LogP contribution in [0.25, 0.3) is 17.3 Å². The molecule has 1 aromatic heterocycles. The summed E-state index contributed by atoms with van der Waals surface area (Å²) in [6, 6.07) is 31.7. The molecule has 0 saturated heterocycles. The summed E-state index contributed by atoms with van der Waals surface area (Å²) in [6.45, 7) is 4.22. The second-order valence-electron chi connectivity index (χ2n) is 9.64. The lowest BCUT2D eigenvalue weighted by Gasteiger charge is -2.09. The molecule has 0 spiro atoms. The number of benzene rings is 4. The third-order valence-electron chi connectivity index (χ3n) is 6.47. The first-order valence-corrected chi connectivity index (χ1v) is 14.3. The number of anilines is 1. The molecule has 5 rings (SSSR count). The fourth-order valence-corrected chi connectivity index (χ4v) is 5.66. The van der Waals surface area contributed by atoms with Gasteiger partial charge in [0.2, 0.25) is 0 Å². The first-order chi connectivity index (χ1) is 20.3. The SMILES string of the molecule is Cc1ccc(C)c(-n2c(=O)/c(=C\c3cccc(OCc4ccccc4)c3)s/c2=C(/C#N)C(=O)Nc2cccc(Cl)c2)c1. The van der Waals surface area contributed by atoms with Gasteiger partial charge in [0.05, 0.1) is 10.2 Å². The van der Waals surface area contributed by atoms with Gasteiger partial charge in [-0.1, -0.05) is 72.3 Å². The van der Waals surface area contributed by atoms with E-state index < -0.39 is 5.91 Å². The maximum atomic E-state index is 13.9. The van der Waals surface area contributed by atoms with E-state index in [-0.39, 0.29) is 15.8 Å². The van der Waals surface area contributed by atoms with Crippen LogP contribution in [0.5, 0.6) is 5.75 Å². The summed E-state index contributed by atoms with van der Waals surface area (Å²) in [6.07, 6.45) is 1.75. The molecule has 0 unspecified atom stereocenters. The van der Waals surface area contributed by atoms with E-state index in [2.05, 4.69) is 5.32 Å². The van der Waals surface area contributed by atoms with Gasteiger partial charge in [0.15, 0.2) is 5.57 Å². The summed E-state index contributed by atoms with van der Waals surface area (Å²) < 4.78 is 8.02. The molecule has 5 aromatic rings. The highest BCUT2D eigenvalue weighted by atomic mass is 35.5. The molecule has 0 saturated carbocycles. The first-order valence-electron chi connectivity index (χ1n) is 13.1. The standard InChI is InChI=1S/C34H26ClN3O3S/c1-22-14-15-23(2)30(16-22)38-33(40)31(18-25-10-6-13-28(17-25)41-21-24-8-4-3-5-9-24)42-34(38)29(20-36)32(39)37-27-12-7-11-26(35)19-27/h3-19H,21H2,1-2H3,(H,37,39)/b31-18+,34-29-. The van der Waals surface area contributed by atoms with Crippen LogP contribution in [-0.2, 0) is 11.4 Å². The molecule has 0 radical (unpaired) electrons. The van der Waals surface area contributed by atoms with Gasteiger partial charge in [-0.3, -0.25) is 14.2 Å². The molecule has 1 N–H and O–H groups in total. The number of nitriles is 1. The zero-order valence-electron chi connectivity index (χ0n) is 22.9. The summed E-state index contributed by atoms with van der Waals surface area (Å²) >= 11 is 7.17. The largest absolute Gasteiger partial charge is 0.489 e. The Morgan fingerprint density at radius 1 is 1.00 bits per heavy atom. The monoisotopic (exact) mass is 591 g/mol. The molecule has 0 aliphatic heterocycles. The normalized spacial score (nSPS) is 12.0. The number of hydrogen-bond donors (Lipinski definition) is 1. The Morgan fingerprint density at radius 3 is 2.55 bits per heavy atom. The number of rotatable bonds is 7. The molecular formula is C34H26ClN3O3S. The van der Waals surface area contributed by atoms with Gasteiger partial charge in [0.25, 0.3) is 11.5 Å². The van der Waals surface area contributed by atoms with Crippen LogP contribution < -0.4 is 24.8 Å². The molecule has 42 heavy (non-hydrogen) atoms. The van der Waals surface area contributed by atoms with Crippen LogP contribution in [-0.4, -0.2) is 10.5 Å². The van der Waals surface area contributed by atoms with Gasteiger partial charge in [0.1, 0.15) is 23.1 Å². The summed E-state index contributed by atoms with van der Waals surface area (Å²) in [4.78, 5) is 27.3. The Kier molecular flexibility index (Phi) is 8.68. The van der Waals surface area contributed by atoms with Gasteiger partial charge in [-0.25, -0.2) is 0 Å². The number of carbonyl (C=O) groups excluding carboxylic acids is 1. The van der Waals surface area contributed by atoms with Crippen molar-refractivity contribution in [1.82, 2.24) is 4.57 Å². The maximum Gasteiger partial charge on any atom is 0.273 e. The van der Waals surface area contributed by atoms with Crippen molar-refractivity contribution in [2.75, 3.05) is 5.32 Å². The molecule has 4 aromatic carbocycles. The van der Waals surface area contributed by atoms with Gasteiger partial charge in [-0.05, 0) is 78.6 Å². The highest BCUT2D eigenvalue weighted by Crippen LogP contribution is 2.18. The predicted octanol–water partition coefficient (Wildman–Crippen LogP) is 5.89. The second-order valence-corrected chi connectivity index (χ2v) is 11.1. The Labute approximate surface area is 252 Å². The van der Waals surface area contributed by atoms with Crippen LogP contribution >= 0.6 is 22.9 Å². The number of amides is 1. The molecular weight excluding hydrogens is 566 g/mol. The van der Waals surface area contributed by atoms with Crippen molar-refractivity contribution in [3.8, 4) is 17.5 Å². The van der Waals surface area contributed by atoms with Crippen molar-refractivity contribution in [2.24, 2.45) is 0 Å². The van der Waals surface area contributed by atoms with Crippen LogP contribution in [0.4, 0.5) is 5.69 Å². The average molecular weight is 592 g/mol. The van der Waals surface area contributed by atoms with E-state index in [1.54, 1.807) is 30.3 Å². The van der Waals surface area contributed by atoms with Crippen molar-refractivity contribution >= 4 is 46.2 Å². The Balaban J connectivity index is 1.63. The summed E-state index contributed by atoms with van der Waals surface area (Å²) in [5, 5.41) is 13.3. The van der Waals surface area contributed by atoms with E-state index in [0.29, 0.717) is 33.3 Å². The smallest absolute Gasteiger partial charge is 0.273 e. The average Bonchev–Trinajstić information content (AvgIpc) is 3.29. The number of hydrogen-bond acceptors (Lipinski definition) is 5. The molecule has 1 heterocycles. The lowest BCUT2D eigenvalue weighted by atomic mass is 10.1. The van der Waals surface area contributed by atoms with Crippen LogP contribution in [0, 0.1) is 25.2 Å². The third-order valence-corrected chi connectivity index (χ3v) is 7.80. The molecule has 0 atom stereocenters. The molecule has 0 bridgehead atoms. The number of aryl methyl sites for hydroxylation is 2. The van der Waals surface area contributed by atoms with Gasteiger partial charge >= 0.3 is 0 Å². The fourth-order valence-electron chi connectivity index (χ4n) is 4.37. The van der Waals surface area contributed by atoms with Gasteiger partial charge < -0.3 is 10.1 Å². The highest BCUT2D eigenvalue weighted by molar-refractivity contribution is 7.07. The number of ether oxygens (including phenoxy) is 1. The van der Waals surface area contributed by atoms with E-state index in [1.165, 1.54) is 4.57 Å². The van der Waals surface area contributed by atoms with Gasteiger partial charge in [-0.2, -0.15) is 5.26 Å². The number of halogens is 1. The molecule has 0 aliphatic carbocycles. The third kappa shape index (κ3) is 6.52. The zero-order valence-corrected chi connectivity index (χ0v) is 24.5. The van der Waals surface area contributed by atoms with E-state index in [4.69, 9.17) is 16.3 Å². The van der Waals surface area contributed by atoms with Crippen molar-refractivity contribution in [2.45, 2.75) is 20.5 Å². The number of carbonyl (C=O) groups is 1. The highest BCUT2D eigenvalue weighted by Gasteiger charge is 2.18. The quantitative estimate of drug-likeness (QED) is 0.256. The number of nitrogens with zero attached hydrogens (tertiary/aromatic N) is 2. The number of nitrogens with one attached hydrogen (secondary N) is 1. The number of thiazole rings is 1. The van der Waals surface area contributed by atoms with E-state index in [0.717, 1.165) is 33.6 Å². The van der Waals surface area contributed by atoms with Gasteiger partial charge in [-0.15, -0.1) is 11.3 Å². The Bertz CT molecular complexity index is 2010. The first kappa shape index (κ1) is 28.6. The summed E-state index contributed by atoms with van der Waals surface area (Å²) in [7, 11) is 0. The number of aromatic nitrogens is 1. The van der Waals surface area contributed by atoms with Gasteiger partial charge in [0, 0.05) is 10.7 Å². The Morgan fingerprint density at radius 2 is 1.79 bits per heavy atom. The molecule has 1 amide bonds. The predicted molar refractivity (Wildman–Crippen MR) is 169 cm³/mol. The minimum absolute atomic E-state index is 0.183. The van der Waals surface area contributed by atoms with Crippen molar-refractivity contribution in [3.05, 3.63) is 144 Å². The molecule has 208 valence electrons. The van der Waals surface area contributed by atoms with E-state index >= 15 is 0 Å².